The minimum absolute atomic E-state index is 0.204. The van der Waals surface area contributed by atoms with Gasteiger partial charge in [0.25, 0.3) is 0 Å². The highest BCUT2D eigenvalue weighted by Crippen LogP contribution is 2.25. The van der Waals surface area contributed by atoms with E-state index in [9.17, 15) is 8.78 Å². The Kier molecular flexibility index (Phi) is 8.59. The molecular formula is C28H31F3O3. The van der Waals surface area contributed by atoms with Crippen LogP contribution in [0.3, 0.4) is 0 Å². The maximum Gasteiger partial charge on any atom is 0.159 e. The fraction of sp³-hybridized carbons (Fsp3) is 0.429. The number of ether oxygens (including phenoxy) is 3. The van der Waals surface area contributed by atoms with Gasteiger partial charge in [-0.05, 0) is 66.3 Å². The number of hydrogen-bond donors (Lipinski definition) is 0. The van der Waals surface area contributed by atoms with E-state index in [-0.39, 0.29) is 12.1 Å². The second kappa shape index (κ2) is 11.8. The largest absolute Gasteiger partial charge is 0.385 e. The van der Waals surface area contributed by atoms with Crippen LogP contribution in [0.1, 0.15) is 36.0 Å². The van der Waals surface area contributed by atoms with Crippen LogP contribution < -0.4 is 0 Å². The van der Waals surface area contributed by atoms with Crippen molar-refractivity contribution < 1.29 is 27.4 Å². The SMILES string of the molecule is COCCCC1COC(CCc2ccc3c(F)c(CCc4ccc(F)c(F)c4)ccc3c2)OC1. The maximum absolute atomic E-state index is 15.1. The van der Waals surface area contributed by atoms with Crippen molar-refractivity contribution in [2.45, 2.75) is 44.8 Å². The van der Waals surface area contributed by atoms with Gasteiger partial charge < -0.3 is 14.2 Å². The van der Waals surface area contributed by atoms with Gasteiger partial charge in [0.2, 0.25) is 0 Å². The zero-order valence-corrected chi connectivity index (χ0v) is 19.5. The van der Waals surface area contributed by atoms with Gasteiger partial charge in [-0.2, -0.15) is 0 Å². The molecule has 0 spiro atoms. The molecule has 3 aromatic rings. The third kappa shape index (κ3) is 6.38. The number of rotatable bonds is 10. The van der Waals surface area contributed by atoms with Gasteiger partial charge >= 0.3 is 0 Å². The topological polar surface area (TPSA) is 27.7 Å². The van der Waals surface area contributed by atoms with Gasteiger partial charge in [-0.25, -0.2) is 13.2 Å². The zero-order chi connectivity index (χ0) is 23.9. The summed E-state index contributed by atoms with van der Waals surface area (Å²) in [7, 11) is 1.71. The third-order valence-electron chi connectivity index (χ3n) is 6.43. The van der Waals surface area contributed by atoms with E-state index in [1.54, 1.807) is 13.2 Å². The molecule has 0 N–H and O–H groups in total. The molecule has 3 aromatic carbocycles. The summed E-state index contributed by atoms with van der Waals surface area (Å²) in [6, 6.07) is 13.3. The van der Waals surface area contributed by atoms with Gasteiger partial charge in [0.15, 0.2) is 17.9 Å². The molecule has 0 radical (unpaired) electrons. The smallest absolute Gasteiger partial charge is 0.159 e. The first-order chi connectivity index (χ1) is 16.5. The molecule has 1 aliphatic rings. The summed E-state index contributed by atoms with van der Waals surface area (Å²) < 4.78 is 58.5. The minimum Gasteiger partial charge on any atom is -0.385 e. The molecule has 1 fully saturated rings. The molecule has 6 heteroatoms. The van der Waals surface area contributed by atoms with Gasteiger partial charge in [-0.1, -0.05) is 36.4 Å². The first-order valence-corrected chi connectivity index (χ1v) is 11.9. The van der Waals surface area contributed by atoms with E-state index in [2.05, 4.69) is 0 Å². The Morgan fingerprint density at radius 3 is 2.35 bits per heavy atom. The average molecular weight is 473 g/mol. The first-order valence-electron chi connectivity index (χ1n) is 11.9. The Morgan fingerprint density at radius 1 is 0.824 bits per heavy atom. The van der Waals surface area contributed by atoms with E-state index in [1.165, 1.54) is 12.1 Å². The maximum atomic E-state index is 15.1. The van der Waals surface area contributed by atoms with Gasteiger partial charge in [0.1, 0.15) is 5.82 Å². The molecule has 0 saturated carbocycles. The van der Waals surface area contributed by atoms with Crippen LogP contribution in [-0.4, -0.2) is 33.2 Å². The molecular weight excluding hydrogens is 441 g/mol. The second-order valence-electron chi connectivity index (χ2n) is 8.98. The van der Waals surface area contributed by atoms with Gasteiger partial charge in [-0.3, -0.25) is 0 Å². The van der Waals surface area contributed by atoms with Crippen molar-refractivity contribution in [3.8, 4) is 0 Å². The van der Waals surface area contributed by atoms with E-state index in [0.717, 1.165) is 49.3 Å². The molecule has 0 bridgehead atoms. The molecule has 0 amide bonds. The van der Waals surface area contributed by atoms with Crippen molar-refractivity contribution in [1.29, 1.82) is 0 Å². The van der Waals surface area contributed by atoms with E-state index in [0.29, 0.717) is 48.5 Å². The van der Waals surface area contributed by atoms with Crippen molar-refractivity contribution in [1.82, 2.24) is 0 Å². The predicted octanol–water partition coefficient (Wildman–Crippen LogP) is 6.39. The number of halogens is 3. The number of methoxy groups -OCH3 is 1. The van der Waals surface area contributed by atoms with Crippen molar-refractivity contribution in [3.63, 3.8) is 0 Å². The van der Waals surface area contributed by atoms with Crippen LogP contribution >= 0.6 is 0 Å². The summed E-state index contributed by atoms with van der Waals surface area (Å²) >= 11 is 0. The summed E-state index contributed by atoms with van der Waals surface area (Å²) in [6.07, 6.45) is 4.24. The van der Waals surface area contributed by atoms with Crippen molar-refractivity contribution >= 4 is 10.8 Å². The molecule has 4 rings (SSSR count). The fourth-order valence-corrected chi connectivity index (χ4v) is 4.43. The number of fused-ring (bicyclic) bond motifs is 1. The third-order valence-corrected chi connectivity index (χ3v) is 6.43. The highest BCUT2D eigenvalue weighted by atomic mass is 19.2. The Morgan fingerprint density at radius 2 is 1.59 bits per heavy atom. The predicted molar refractivity (Wildman–Crippen MR) is 126 cm³/mol. The van der Waals surface area contributed by atoms with E-state index < -0.39 is 11.6 Å². The first kappa shape index (κ1) is 24.7. The lowest BCUT2D eigenvalue weighted by Gasteiger charge is -2.29. The van der Waals surface area contributed by atoms with E-state index >= 15 is 4.39 Å². The van der Waals surface area contributed by atoms with Crippen LogP contribution in [0.15, 0.2) is 48.5 Å². The highest BCUT2D eigenvalue weighted by molar-refractivity contribution is 5.84. The Hall–Kier alpha value is -2.41. The number of hydrogen-bond acceptors (Lipinski definition) is 3. The Balaban J connectivity index is 1.31. The number of aryl methyl sites for hydroxylation is 3. The molecule has 1 aliphatic heterocycles. The molecule has 3 nitrogen and oxygen atoms in total. The van der Waals surface area contributed by atoms with Crippen LogP contribution in [0.4, 0.5) is 13.2 Å². The van der Waals surface area contributed by atoms with Crippen LogP contribution in [0.5, 0.6) is 0 Å². The van der Waals surface area contributed by atoms with Gasteiger partial charge in [0.05, 0.1) is 13.2 Å². The molecule has 0 atom stereocenters. The molecule has 0 aliphatic carbocycles. The minimum atomic E-state index is -0.880. The van der Waals surface area contributed by atoms with Crippen molar-refractivity contribution in [3.05, 3.63) is 82.7 Å². The van der Waals surface area contributed by atoms with Crippen molar-refractivity contribution in [2.24, 2.45) is 5.92 Å². The van der Waals surface area contributed by atoms with E-state index in [1.807, 2.05) is 24.3 Å². The molecule has 0 aromatic heterocycles. The lowest BCUT2D eigenvalue weighted by Crippen LogP contribution is -2.32. The number of benzene rings is 3. The van der Waals surface area contributed by atoms with Crippen LogP contribution in [0.25, 0.3) is 10.8 Å². The average Bonchev–Trinajstić information content (AvgIpc) is 2.85. The normalized spacial score (nSPS) is 18.5. The molecule has 0 unspecified atom stereocenters. The van der Waals surface area contributed by atoms with Crippen molar-refractivity contribution in [2.75, 3.05) is 26.9 Å². The molecule has 1 heterocycles. The Labute approximate surface area is 198 Å². The summed E-state index contributed by atoms with van der Waals surface area (Å²) in [4.78, 5) is 0. The van der Waals surface area contributed by atoms with Crippen LogP contribution in [0.2, 0.25) is 0 Å². The summed E-state index contributed by atoms with van der Waals surface area (Å²) in [6.45, 7) is 2.19. The van der Waals surface area contributed by atoms with Gasteiger partial charge in [0, 0.05) is 31.4 Å². The highest BCUT2D eigenvalue weighted by Gasteiger charge is 2.22. The summed E-state index contributed by atoms with van der Waals surface area (Å²) in [5.41, 5.74) is 2.31. The lowest BCUT2D eigenvalue weighted by molar-refractivity contribution is -0.203. The lowest BCUT2D eigenvalue weighted by atomic mass is 9.98. The van der Waals surface area contributed by atoms with Gasteiger partial charge in [-0.15, -0.1) is 0 Å². The monoisotopic (exact) mass is 472 g/mol. The fourth-order valence-electron chi connectivity index (χ4n) is 4.43. The molecule has 34 heavy (non-hydrogen) atoms. The van der Waals surface area contributed by atoms with E-state index in [4.69, 9.17) is 14.2 Å². The summed E-state index contributed by atoms with van der Waals surface area (Å²) in [5, 5.41) is 1.41. The van der Waals surface area contributed by atoms with Crippen LogP contribution in [-0.2, 0) is 33.5 Å². The second-order valence-corrected chi connectivity index (χ2v) is 8.98. The zero-order valence-electron chi connectivity index (χ0n) is 19.5. The Bertz CT molecular complexity index is 1090. The van der Waals surface area contributed by atoms with Crippen LogP contribution in [0, 0.1) is 23.4 Å². The molecule has 182 valence electrons. The standard InChI is InChI=1S/C28H31F3O3/c1-32-14-2-3-21-17-33-27(34-18-21)13-7-19-5-11-24-23(15-19)10-9-22(28(24)31)8-4-20-6-12-25(29)26(30)16-20/h5-6,9-12,15-16,21,27H,2-4,7-8,13-14,17-18H2,1H3. The summed E-state index contributed by atoms with van der Waals surface area (Å²) in [5.74, 6) is -1.59. The molecule has 1 saturated heterocycles. The quantitative estimate of drug-likeness (QED) is 0.320.